The fourth-order valence-corrected chi connectivity index (χ4v) is 6.26. The molecule has 1 fully saturated rings. The summed E-state index contributed by atoms with van der Waals surface area (Å²) in [7, 11) is -2.77. The van der Waals surface area contributed by atoms with Crippen molar-refractivity contribution in [2.24, 2.45) is 0 Å². The van der Waals surface area contributed by atoms with Gasteiger partial charge in [0.1, 0.15) is 11.8 Å². The highest BCUT2D eigenvalue weighted by Gasteiger charge is 2.40. The van der Waals surface area contributed by atoms with E-state index in [9.17, 15) is 39.6 Å². The zero-order valence-electron chi connectivity index (χ0n) is 21.6. The van der Waals surface area contributed by atoms with Gasteiger partial charge in [0.25, 0.3) is 0 Å². The number of carbonyl (C=O) groups is 2. The van der Waals surface area contributed by atoms with Crippen LogP contribution in [0.5, 0.6) is 5.75 Å². The summed E-state index contributed by atoms with van der Waals surface area (Å²) in [5.41, 5.74) is 0.379. The SMILES string of the molecule is COc1ccc(-c2csc(NC(=O)[C@H]3CCCCN3S(=O)(=O)c3cccc(C(F)(F)F)c3)n2)cc1.O=C(O)C(F)(F)F. The first-order chi connectivity index (χ1) is 19.5. The van der Waals surface area contributed by atoms with Crippen LogP contribution in [0.3, 0.4) is 0 Å². The van der Waals surface area contributed by atoms with Crippen molar-refractivity contribution >= 4 is 38.4 Å². The number of rotatable bonds is 6. The number of methoxy groups -OCH3 is 1. The highest BCUT2D eigenvalue weighted by molar-refractivity contribution is 7.89. The maximum atomic E-state index is 13.2. The molecule has 9 nitrogen and oxygen atoms in total. The van der Waals surface area contributed by atoms with Gasteiger partial charge in [0.2, 0.25) is 15.9 Å². The summed E-state index contributed by atoms with van der Waals surface area (Å²) in [5, 5.41) is 11.8. The number of amides is 1. The lowest BCUT2D eigenvalue weighted by molar-refractivity contribution is -0.192. The third-order valence-corrected chi connectivity index (χ3v) is 8.55. The van der Waals surface area contributed by atoms with E-state index in [0.29, 0.717) is 35.5 Å². The molecule has 2 heterocycles. The molecule has 1 aliphatic heterocycles. The number of aliphatic carboxylic acids is 1. The van der Waals surface area contributed by atoms with Crippen LogP contribution in [0, 0.1) is 0 Å². The van der Waals surface area contributed by atoms with Crippen LogP contribution in [0.25, 0.3) is 11.3 Å². The molecule has 228 valence electrons. The van der Waals surface area contributed by atoms with E-state index in [0.717, 1.165) is 28.1 Å². The van der Waals surface area contributed by atoms with Crippen LogP contribution in [-0.4, -0.2) is 60.6 Å². The number of alkyl halides is 6. The van der Waals surface area contributed by atoms with Crippen molar-refractivity contribution in [2.75, 3.05) is 19.0 Å². The Morgan fingerprint density at radius 3 is 2.29 bits per heavy atom. The Bertz CT molecular complexity index is 1510. The highest BCUT2D eigenvalue weighted by Crippen LogP contribution is 2.33. The molecule has 0 unspecified atom stereocenters. The zero-order valence-corrected chi connectivity index (χ0v) is 23.2. The number of nitrogens with one attached hydrogen (secondary N) is 1. The number of hydrogen-bond acceptors (Lipinski definition) is 7. The summed E-state index contributed by atoms with van der Waals surface area (Å²) in [6.07, 6.45) is -8.40. The quantitative estimate of drug-likeness (QED) is 0.334. The van der Waals surface area contributed by atoms with Gasteiger partial charge in [-0.1, -0.05) is 12.5 Å². The Labute approximate surface area is 239 Å². The molecule has 2 aromatic carbocycles. The molecule has 3 aromatic rings. The third-order valence-electron chi connectivity index (χ3n) is 5.89. The van der Waals surface area contributed by atoms with Gasteiger partial charge in [0.05, 0.1) is 23.3 Å². The molecule has 42 heavy (non-hydrogen) atoms. The predicted octanol–water partition coefficient (Wildman–Crippen LogP) is 5.65. The van der Waals surface area contributed by atoms with E-state index in [4.69, 9.17) is 14.6 Å². The number of carbonyl (C=O) groups excluding carboxylic acids is 1. The molecular weight excluding hydrogens is 616 g/mol. The first kappa shape index (κ1) is 32.8. The molecule has 4 rings (SSSR count). The van der Waals surface area contributed by atoms with Crippen LogP contribution in [0.2, 0.25) is 0 Å². The lowest BCUT2D eigenvalue weighted by Crippen LogP contribution is -2.49. The Hall–Kier alpha value is -3.70. The fraction of sp³-hybridized carbons (Fsp3) is 0.320. The van der Waals surface area contributed by atoms with Gasteiger partial charge in [-0.3, -0.25) is 4.79 Å². The highest BCUT2D eigenvalue weighted by atomic mass is 32.2. The van der Waals surface area contributed by atoms with E-state index in [-0.39, 0.29) is 13.0 Å². The van der Waals surface area contributed by atoms with Gasteiger partial charge >= 0.3 is 18.3 Å². The number of anilines is 1. The van der Waals surface area contributed by atoms with Crippen LogP contribution in [-0.2, 0) is 25.8 Å². The summed E-state index contributed by atoms with van der Waals surface area (Å²) in [4.78, 5) is 25.9. The Morgan fingerprint density at radius 2 is 1.71 bits per heavy atom. The minimum absolute atomic E-state index is 0.0334. The van der Waals surface area contributed by atoms with Gasteiger partial charge in [-0.15, -0.1) is 11.3 Å². The van der Waals surface area contributed by atoms with Gasteiger partial charge in [-0.05, 0) is 55.3 Å². The number of nitrogens with zero attached hydrogens (tertiary/aromatic N) is 2. The molecule has 17 heteroatoms. The number of benzene rings is 2. The summed E-state index contributed by atoms with van der Waals surface area (Å²) in [6.45, 7) is 0.0334. The van der Waals surface area contributed by atoms with Gasteiger partial charge in [0.15, 0.2) is 5.13 Å². The first-order valence-electron chi connectivity index (χ1n) is 11.9. The lowest BCUT2D eigenvalue weighted by Gasteiger charge is -2.33. The molecule has 2 N–H and O–H groups in total. The number of piperidine rings is 1. The Balaban J connectivity index is 0.000000616. The third kappa shape index (κ3) is 8.19. The Kier molecular flexibility index (Phi) is 10.2. The topological polar surface area (TPSA) is 126 Å². The van der Waals surface area contributed by atoms with Crippen LogP contribution in [0.1, 0.15) is 24.8 Å². The molecule has 1 amide bonds. The van der Waals surface area contributed by atoms with E-state index in [1.165, 1.54) is 11.3 Å². The van der Waals surface area contributed by atoms with Crippen LogP contribution >= 0.6 is 11.3 Å². The lowest BCUT2D eigenvalue weighted by atomic mass is 10.0. The minimum Gasteiger partial charge on any atom is -0.497 e. The molecule has 0 bridgehead atoms. The van der Waals surface area contributed by atoms with E-state index < -0.39 is 50.8 Å². The molecule has 0 saturated carbocycles. The van der Waals surface area contributed by atoms with Crippen molar-refractivity contribution < 1.29 is 54.2 Å². The smallest absolute Gasteiger partial charge is 0.490 e. The van der Waals surface area contributed by atoms with Crippen molar-refractivity contribution in [1.29, 1.82) is 0 Å². The number of hydrogen-bond donors (Lipinski definition) is 2. The maximum absolute atomic E-state index is 13.2. The van der Waals surface area contributed by atoms with E-state index >= 15 is 0 Å². The van der Waals surface area contributed by atoms with E-state index in [2.05, 4.69) is 10.3 Å². The van der Waals surface area contributed by atoms with E-state index in [1.54, 1.807) is 24.6 Å². The zero-order chi connectivity index (χ0) is 31.3. The number of carboxylic acids is 1. The number of thiazole rings is 1. The molecular formula is C25H23F6N3O6S2. The van der Waals surface area contributed by atoms with Gasteiger partial charge in [-0.2, -0.15) is 30.6 Å². The number of aromatic nitrogens is 1. The average molecular weight is 640 g/mol. The van der Waals surface area contributed by atoms with E-state index in [1.807, 2.05) is 12.1 Å². The van der Waals surface area contributed by atoms with Gasteiger partial charge < -0.3 is 15.2 Å². The molecule has 1 saturated heterocycles. The van der Waals surface area contributed by atoms with Crippen molar-refractivity contribution in [1.82, 2.24) is 9.29 Å². The second-order valence-corrected chi connectivity index (χ2v) is 11.5. The standard InChI is InChI=1S/C23H22F3N3O4S2.C2HF3O2/c1-33-17-10-8-15(9-11-17)19-14-34-22(27-19)28-21(30)20-7-2-3-12-29(20)35(31,32)18-6-4-5-16(13-18)23(24,25)26;3-2(4,5)1(6)7/h4-6,8-11,13-14,20H,2-3,7,12H2,1H3,(H,27,28,30);(H,6,7)/t20-;/m1./s1. The number of ether oxygens (including phenoxy) is 1. The van der Waals surface area contributed by atoms with Crippen LogP contribution < -0.4 is 10.1 Å². The fourth-order valence-electron chi connectivity index (χ4n) is 3.84. The maximum Gasteiger partial charge on any atom is 0.490 e. The van der Waals surface area contributed by atoms with Crippen molar-refractivity contribution in [3.63, 3.8) is 0 Å². The predicted molar refractivity (Wildman–Crippen MR) is 139 cm³/mol. The first-order valence-corrected chi connectivity index (χ1v) is 14.3. The number of carboxylic acid groups (broad SMARTS) is 1. The second kappa shape index (κ2) is 13.1. The monoisotopic (exact) mass is 639 g/mol. The van der Waals surface area contributed by atoms with Crippen LogP contribution in [0.4, 0.5) is 31.5 Å². The van der Waals surface area contributed by atoms with Crippen molar-refractivity contribution in [3.8, 4) is 17.0 Å². The summed E-state index contributed by atoms with van der Waals surface area (Å²) in [6, 6.07) is 9.71. The van der Waals surface area contributed by atoms with Crippen molar-refractivity contribution in [3.05, 3.63) is 59.5 Å². The summed E-state index contributed by atoms with van der Waals surface area (Å²) >= 11 is 1.19. The summed E-state index contributed by atoms with van der Waals surface area (Å²) < 4.78 is 104. The normalized spacial score (nSPS) is 16.2. The molecule has 1 atom stereocenters. The Morgan fingerprint density at radius 1 is 1.07 bits per heavy atom. The van der Waals surface area contributed by atoms with Gasteiger partial charge in [-0.25, -0.2) is 18.2 Å². The molecule has 1 aromatic heterocycles. The molecule has 0 radical (unpaired) electrons. The second-order valence-electron chi connectivity index (χ2n) is 8.71. The summed E-state index contributed by atoms with van der Waals surface area (Å²) in [5.74, 6) is -2.64. The number of sulfonamides is 1. The minimum atomic E-state index is -5.08. The van der Waals surface area contributed by atoms with Crippen molar-refractivity contribution in [2.45, 2.75) is 42.6 Å². The molecule has 0 spiro atoms. The average Bonchev–Trinajstić information content (AvgIpc) is 3.41. The van der Waals surface area contributed by atoms with Crippen LogP contribution in [0.15, 0.2) is 58.8 Å². The largest absolute Gasteiger partial charge is 0.497 e. The molecule has 1 aliphatic rings. The molecule has 0 aliphatic carbocycles. The number of halogens is 6. The van der Waals surface area contributed by atoms with Gasteiger partial charge in [0, 0.05) is 17.5 Å².